The van der Waals surface area contributed by atoms with E-state index in [1.54, 1.807) is 0 Å². The molecule has 1 aliphatic rings. The third kappa shape index (κ3) is 2.62. The van der Waals surface area contributed by atoms with E-state index in [4.69, 9.17) is 4.74 Å². The summed E-state index contributed by atoms with van der Waals surface area (Å²) in [6, 6.07) is 5.78. The van der Waals surface area contributed by atoms with Gasteiger partial charge in [-0.2, -0.15) is 0 Å². The summed E-state index contributed by atoms with van der Waals surface area (Å²) in [5.74, 6) is -0.0313. The molecule has 1 aromatic carbocycles. The van der Waals surface area contributed by atoms with Gasteiger partial charge in [0.05, 0.1) is 12.6 Å². The van der Waals surface area contributed by atoms with Crippen LogP contribution < -0.4 is 5.32 Å². The number of amides is 1. The predicted octanol–water partition coefficient (Wildman–Crippen LogP) is 2.28. The number of benzene rings is 1. The van der Waals surface area contributed by atoms with E-state index in [1.165, 1.54) is 0 Å². The second-order valence-corrected chi connectivity index (χ2v) is 4.85. The number of nitrogens with one attached hydrogen (secondary N) is 1. The van der Waals surface area contributed by atoms with Gasteiger partial charge < -0.3 is 10.1 Å². The van der Waals surface area contributed by atoms with E-state index >= 15 is 0 Å². The van der Waals surface area contributed by atoms with E-state index in [2.05, 4.69) is 21.2 Å². The van der Waals surface area contributed by atoms with Gasteiger partial charge >= 0.3 is 0 Å². The van der Waals surface area contributed by atoms with Crippen LogP contribution in [0.2, 0.25) is 0 Å². The number of carbonyl (C=O) groups excluding carboxylic acids is 1. The van der Waals surface area contributed by atoms with E-state index in [0.29, 0.717) is 12.2 Å². The molecule has 0 saturated carbocycles. The van der Waals surface area contributed by atoms with Gasteiger partial charge in [-0.3, -0.25) is 4.79 Å². The number of hydrogen-bond donors (Lipinski definition) is 1. The predicted molar refractivity (Wildman–Crippen MR) is 65.6 cm³/mol. The van der Waals surface area contributed by atoms with Crippen molar-refractivity contribution in [1.82, 2.24) is 5.32 Å². The van der Waals surface area contributed by atoms with Crippen LogP contribution in [0.4, 0.5) is 0 Å². The molecule has 0 aromatic heterocycles. The van der Waals surface area contributed by atoms with Crippen molar-refractivity contribution in [3.63, 3.8) is 0 Å². The number of rotatable bonds is 2. The number of hydrogen-bond acceptors (Lipinski definition) is 2. The van der Waals surface area contributed by atoms with Gasteiger partial charge in [-0.1, -0.05) is 22.0 Å². The van der Waals surface area contributed by atoms with Crippen molar-refractivity contribution in [2.75, 3.05) is 13.2 Å². The Kier molecular flexibility index (Phi) is 3.61. The molecule has 0 radical (unpaired) electrons. The van der Waals surface area contributed by atoms with Crippen LogP contribution in [0.25, 0.3) is 0 Å². The van der Waals surface area contributed by atoms with Crippen molar-refractivity contribution in [3.05, 3.63) is 33.8 Å². The fourth-order valence-electron chi connectivity index (χ4n) is 1.65. The lowest BCUT2D eigenvalue weighted by molar-refractivity contribution is 0.0930. The van der Waals surface area contributed by atoms with Crippen LogP contribution in [0.15, 0.2) is 22.7 Å². The minimum absolute atomic E-state index is 0.0313. The molecule has 1 amide bonds. The summed E-state index contributed by atoms with van der Waals surface area (Å²) >= 11 is 3.42. The second-order valence-electron chi connectivity index (χ2n) is 4.00. The maximum absolute atomic E-state index is 11.9. The second kappa shape index (κ2) is 4.97. The normalized spacial score (nSPS) is 19.8. The quantitative estimate of drug-likeness (QED) is 0.904. The first kappa shape index (κ1) is 11.6. The van der Waals surface area contributed by atoms with Gasteiger partial charge in [0.2, 0.25) is 0 Å². The zero-order valence-corrected chi connectivity index (χ0v) is 10.7. The molecule has 1 saturated heterocycles. The molecule has 1 fully saturated rings. The Morgan fingerprint density at radius 3 is 3.00 bits per heavy atom. The van der Waals surface area contributed by atoms with Gasteiger partial charge in [-0.15, -0.1) is 0 Å². The highest BCUT2D eigenvalue weighted by Gasteiger charge is 2.18. The highest BCUT2D eigenvalue weighted by Crippen LogP contribution is 2.17. The Morgan fingerprint density at radius 1 is 1.56 bits per heavy atom. The summed E-state index contributed by atoms with van der Waals surface area (Å²) in [5, 5.41) is 2.96. The van der Waals surface area contributed by atoms with Gasteiger partial charge in [0.25, 0.3) is 5.91 Å². The lowest BCUT2D eigenvalue weighted by atomic mass is 10.1. The topological polar surface area (TPSA) is 38.3 Å². The molecule has 2 rings (SSSR count). The smallest absolute Gasteiger partial charge is 0.251 e. The van der Waals surface area contributed by atoms with E-state index in [-0.39, 0.29) is 11.9 Å². The Balaban J connectivity index is 2.05. The maximum Gasteiger partial charge on any atom is 0.251 e. The molecule has 0 spiro atoms. The van der Waals surface area contributed by atoms with Gasteiger partial charge in [0, 0.05) is 16.6 Å². The molecule has 1 aliphatic heterocycles. The van der Waals surface area contributed by atoms with Crippen LogP contribution in [0.5, 0.6) is 0 Å². The van der Waals surface area contributed by atoms with Crippen molar-refractivity contribution in [3.8, 4) is 0 Å². The first-order valence-electron chi connectivity index (χ1n) is 5.31. The third-order valence-corrected chi connectivity index (χ3v) is 3.55. The average Bonchev–Trinajstić information content (AvgIpc) is 2.74. The summed E-state index contributed by atoms with van der Waals surface area (Å²) in [7, 11) is 0. The number of ether oxygens (including phenoxy) is 1. The van der Waals surface area contributed by atoms with Crippen LogP contribution in [0.1, 0.15) is 22.3 Å². The summed E-state index contributed by atoms with van der Waals surface area (Å²) in [4.78, 5) is 11.9. The molecule has 0 bridgehead atoms. The molecular formula is C12H14BrNO2. The molecule has 0 aliphatic carbocycles. The van der Waals surface area contributed by atoms with Crippen LogP contribution >= 0.6 is 15.9 Å². The van der Waals surface area contributed by atoms with Crippen LogP contribution in [0.3, 0.4) is 0 Å². The molecular weight excluding hydrogens is 270 g/mol. The molecule has 1 heterocycles. The van der Waals surface area contributed by atoms with Crippen molar-refractivity contribution in [1.29, 1.82) is 0 Å². The third-order valence-electron chi connectivity index (χ3n) is 2.70. The lowest BCUT2D eigenvalue weighted by Gasteiger charge is -2.11. The monoisotopic (exact) mass is 283 g/mol. The highest BCUT2D eigenvalue weighted by molar-refractivity contribution is 9.10. The fourth-order valence-corrected chi connectivity index (χ4v) is 2.03. The first-order chi connectivity index (χ1) is 7.66. The van der Waals surface area contributed by atoms with Crippen molar-refractivity contribution in [2.24, 2.45) is 0 Å². The van der Waals surface area contributed by atoms with Crippen molar-refractivity contribution in [2.45, 2.75) is 19.4 Å². The molecule has 1 atom stereocenters. The Bertz CT molecular complexity index is 400. The van der Waals surface area contributed by atoms with Gasteiger partial charge in [-0.25, -0.2) is 0 Å². The van der Waals surface area contributed by atoms with E-state index in [0.717, 1.165) is 23.1 Å². The minimum Gasteiger partial charge on any atom is -0.379 e. The number of aryl methyl sites for hydroxylation is 1. The molecule has 1 unspecified atom stereocenters. The fraction of sp³-hybridized carbons (Fsp3) is 0.417. The summed E-state index contributed by atoms with van der Waals surface area (Å²) in [6.45, 7) is 3.36. The molecule has 1 aromatic rings. The first-order valence-corrected chi connectivity index (χ1v) is 6.11. The van der Waals surface area contributed by atoms with E-state index < -0.39 is 0 Å². The largest absolute Gasteiger partial charge is 0.379 e. The SMILES string of the molecule is Cc1ccc(C(=O)NC2CCOC2)cc1Br. The van der Waals surface area contributed by atoms with Crippen molar-refractivity contribution >= 4 is 21.8 Å². The highest BCUT2D eigenvalue weighted by atomic mass is 79.9. The zero-order chi connectivity index (χ0) is 11.5. The van der Waals surface area contributed by atoms with Gasteiger partial charge in [0.15, 0.2) is 0 Å². The molecule has 1 N–H and O–H groups in total. The molecule has 3 nitrogen and oxygen atoms in total. The number of carbonyl (C=O) groups is 1. The summed E-state index contributed by atoms with van der Waals surface area (Å²) in [6.07, 6.45) is 0.902. The lowest BCUT2D eigenvalue weighted by Crippen LogP contribution is -2.34. The summed E-state index contributed by atoms with van der Waals surface area (Å²) < 4.78 is 6.17. The van der Waals surface area contributed by atoms with Crippen LogP contribution in [-0.4, -0.2) is 25.2 Å². The van der Waals surface area contributed by atoms with Crippen LogP contribution in [0, 0.1) is 6.92 Å². The Morgan fingerprint density at radius 2 is 2.38 bits per heavy atom. The van der Waals surface area contributed by atoms with Gasteiger partial charge in [0.1, 0.15) is 0 Å². The summed E-state index contributed by atoms with van der Waals surface area (Å²) in [5.41, 5.74) is 1.81. The maximum atomic E-state index is 11.9. The van der Waals surface area contributed by atoms with E-state index in [9.17, 15) is 4.79 Å². The standard InChI is InChI=1S/C12H14BrNO2/c1-8-2-3-9(6-11(8)13)12(15)14-10-4-5-16-7-10/h2-3,6,10H,4-5,7H2,1H3,(H,14,15). The average molecular weight is 284 g/mol. The van der Waals surface area contributed by atoms with Crippen LogP contribution in [-0.2, 0) is 4.74 Å². The Hall–Kier alpha value is -0.870. The van der Waals surface area contributed by atoms with Gasteiger partial charge in [-0.05, 0) is 31.0 Å². The van der Waals surface area contributed by atoms with E-state index in [1.807, 2.05) is 25.1 Å². The zero-order valence-electron chi connectivity index (χ0n) is 9.13. The Labute approximate surface area is 103 Å². The minimum atomic E-state index is -0.0313. The number of halogens is 1. The molecule has 16 heavy (non-hydrogen) atoms. The molecule has 86 valence electrons. The van der Waals surface area contributed by atoms with Crippen molar-refractivity contribution < 1.29 is 9.53 Å². The molecule has 4 heteroatoms.